The third-order valence-corrected chi connectivity index (χ3v) is 4.60. The lowest BCUT2D eigenvalue weighted by atomic mass is 10.1. The zero-order valence-electron chi connectivity index (χ0n) is 15.2. The van der Waals surface area contributed by atoms with E-state index in [1.165, 1.54) is 18.4 Å². The molecule has 0 aromatic carbocycles. The van der Waals surface area contributed by atoms with Crippen LogP contribution in [0, 0.1) is 6.92 Å². The van der Waals surface area contributed by atoms with Gasteiger partial charge in [-0.15, -0.1) is 0 Å². The van der Waals surface area contributed by atoms with Crippen LogP contribution in [0.25, 0.3) is 0 Å². The predicted molar refractivity (Wildman–Crippen MR) is 95.1 cm³/mol. The van der Waals surface area contributed by atoms with Gasteiger partial charge in [0.25, 0.3) is 0 Å². The SMILES string of the molecule is Cc1ncccc1OCC1CCCN1Cc1cnn(C(C)(C)C)c1. The Morgan fingerprint density at radius 2 is 2.17 bits per heavy atom. The van der Waals surface area contributed by atoms with Crippen LogP contribution in [0.3, 0.4) is 0 Å². The van der Waals surface area contributed by atoms with Gasteiger partial charge in [0.05, 0.1) is 17.4 Å². The smallest absolute Gasteiger partial charge is 0.140 e. The average Bonchev–Trinajstić information content (AvgIpc) is 3.16. The van der Waals surface area contributed by atoms with Gasteiger partial charge in [-0.05, 0) is 59.2 Å². The Hall–Kier alpha value is -1.88. The van der Waals surface area contributed by atoms with Crippen LogP contribution in [-0.2, 0) is 12.1 Å². The normalized spacial score (nSPS) is 18.9. The molecule has 2 aromatic heterocycles. The van der Waals surface area contributed by atoms with E-state index in [1.807, 2.05) is 29.9 Å². The maximum atomic E-state index is 6.02. The van der Waals surface area contributed by atoms with Gasteiger partial charge in [-0.1, -0.05) is 0 Å². The molecule has 1 atom stereocenters. The Balaban J connectivity index is 1.59. The highest BCUT2D eigenvalue weighted by Crippen LogP contribution is 2.23. The van der Waals surface area contributed by atoms with Crippen LogP contribution in [0.5, 0.6) is 5.75 Å². The lowest BCUT2D eigenvalue weighted by Crippen LogP contribution is -2.33. The van der Waals surface area contributed by atoms with Gasteiger partial charge in [0.2, 0.25) is 0 Å². The van der Waals surface area contributed by atoms with Gasteiger partial charge in [0.15, 0.2) is 0 Å². The third-order valence-electron chi connectivity index (χ3n) is 4.60. The minimum atomic E-state index is 0.0314. The molecular weight excluding hydrogens is 300 g/mol. The zero-order valence-corrected chi connectivity index (χ0v) is 15.2. The minimum Gasteiger partial charge on any atom is -0.490 e. The molecule has 24 heavy (non-hydrogen) atoms. The van der Waals surface area contributed by atoms with E-state index in [1.54, 1.807) is 6.20 Å². The first-order chi connectivity index (χ1) is 11.4. The second-order valence-electron chi connectivity index (χ2n) is 7.63. The predicted octanol–water partition coefficient (Wildman–Crippen LogP) is 3.38. The molecule has 5 heteroatoms. The van der Waals surface area contributed by atoms with Crippen LogP contribution in [0.1, 0.15) is 44.9 Å². The van der Waals surface area contributed by atoms with Crippen molar-refractivity contribution in [3.8, 4) is 5.75 Å². The molecule has 3 heterocycles. The fourth-order valence-electron chi connectivity index (χ4n) is 3.14. The average molecular weight is 328 g/mol. The Morgan fingerprint density at radius 3 is 2.88 bits per heavy atom. The van der Waals surface area contributed by atoms with Crippen LogP contribution < -0.4 is 4.74 Å². The highest BCUT2D eigenvalue weighted by Gasteiger charge is 2.26. The van der Waals surface area contributed by atoms with E-state index in [0.717, 1.165) is 31.1 Å². The minimum absolute atomic E-state index is 0.0314. The van der Waals surface area contributed by atoms with Crippen molar-refractivity contribution in [3.05, 3.63) is 42.0 Å². The molecule has 3 rings (SSSR count). The lowest BCUT2D eigenvalue weighted by molar-refractivity contribution is 0.166. The molecule has 0 saturated carbocycles. The molecule has 2 aromatic rings. The molecule has 5 nitrogen and oxygen atoms in total. The fraction of sp³-hybridized carbons (Fsp3) is 0.579. The molecule has 0 aliphatic carbocycles. The van der Waals surface area contributed by atoms with Gasteiger partial charge in [-0.3, -0.25) is 14.6 Å². The maximum Gasteiger partial charge on any atom is 0.140 e. The first-order valence-corrected chi connectivity index (χ1v) is 8.76. The molecule has 1 aliphatic rings. The summed E-state index contributed by atoms with van der Waals surface area (Å²) in [7, 11) is 0. The maximum absolute atomic E-state index is 6.02. The number of hydrogen-bond acceptors (Lipinski definition) is 4. The van der Waals surface area contributed by atoms with E-state index >= 15 is 0 Å². The summed E-state index contributed by atoms with van der Waals surface area (Å²) < 4.78 is 8.07. The monoisotopic (exact) mass is 328 g/mol. The molecule has 130 valence electrons. The topological polar surface area (TPSA) is 43.2 Å². The molecule has 1 unspecified atom stereocenters. The first-order valence-electron chi connectivity index (χ1n) is 8.76. The van der Waals surface area contributed by atoms with Crippen molar-refractivity contribution in [2.45, 2.75) is 58.7 Å². The second-order valence-corrected chi connectivity index (χ2v) is 7.63. The lowest BCUT2D eigenvalue weighted by Gasteiger charge is -2.24. The summed E-state index contributed by atoms with van der Waals surface area (Å²) in [5, 5.41) is 4.51. The van der Waals surface area contributed by atoms with Crippen molar-refractivity contribution in [1.29, 1.82) is 0 Å². The van der Waals surface area contributed by atoms with Crippen LogP contribution in [-0.4, -0.2) is 38.9 Å². The Morgan fingerprint density at radius 1 is 1.33 bits per heavy atom. The summed E-state index contributed by atoms with van der Waals surface area (Å²) in [5.74, 6) is 0.893. The van der Waals surface area contributed by atoms with E-state index in [4.69, 9.17) is 4.74 Å². The summed E-state index contributed by atoms with van der Waals surface area (Å²) in [4.78, 5) is 6.80. The van der Waals surface area contributed by atoms with Crippen LogP contribution in [0.15, 0.2) is 30.7 Å². The summed E-state index contributed by atoms with van der Waals surface area (Å²) in [6, 6.07) is 4.38. The Labute approximate surface area is 144 Å². The van der Waals surface area contributed by atoms with Crippen molar-refractivity contribution >= 4 is 0 Å². The molecule has 1 saturated heterocycles. The standard InChI is InChI=1S/C19H28N4O/c1-15-18(8-5-9-20-15)24-14-17-7-6-10-22(17)12-16-11-21-23(13-16)19(2,3)4/h5,8-9,11,13,17H,6-7,10,12,14H2,1-4H3. The van der Waals surface area contributed by atoms with Crippen molar-refractivity contribution in [2.24, 2.45) is 0 Å². The van der Waals surface area contributed by atoms with E-state index in [9.17, 15) is 0 Å². The number of ether oxygens (including phenoxy) is 1. The summed E-state index contributed by atoms with van der Waals surface area (Å²) >= 11 is 0. The van der Waals surface area contributed by atoms with Crippen molar-refractivity contribution in [3.63, 3.8) is 0 Å². The molecule has 1 fully saturated rings. The number of hydrogen-bond donors (Lipinski definition) is 0. The van der Waals surface area contributed by atoms with Crippen molar-refractivity contribution < 1.29 is 4.74 Å². The highest BCUT2D eigenvalue weighted by atomic mass is 16.5. The number of aromatic nitrogens is 3. The third kappa shape index (κ3) is 3.96. The van der Waals surface area contributed by atoms with Gasteiger partial charge in [-0.25, -0.2) is 0 Å². The molecule has 1 aliphatic heterocycles. The summed E-state index contributed by atoms with van der Waals surface area (Å²) in [5.41, 5.74) is 2.26. The quantitative estimate of drug-likeness (QED) is 0.844. The van der Waals surface area contributed by atoms with E-state index < -0.39 is 0 Å². The second kappa shape index (κ2) is 6.93. The number of rotatable bonds is 5. The van der Waals surface area contributed by atoms with Gasteiger partial charge in [0.1, 0.15) is 12.4 Å². The molecular formula is C19H28N4O. The van der Waals surface area contributed by atoms with Crippen LogP contribution in [0.4, 0.5) is 0 Å². The first kappa shape index (κ1) is 17.0. The molecule has 0 radical (unpaired) electrons. The van der Waals surface area contributed by atoms with E-state index in [2.05, 4.69) is 42.0 Å². The fourth-order valence-corrected chi connectivity index (χ4v) is 3.14. The number of pyridine rings is 1. The molecule has 0 amide bonds. The molecule has 0 N–H and O–H groups in total. The number of nitrogens with zero attached hydrogens (tertiary/aromatic N) is 4. The zero-order chi connectivity index (χ0) is 17.2. The van der Waals surface area contributed by atoms with Crippen molar-refractivity contribution in [1.82, 2.24) is 19.7 Å². The van der Waals surface area contributed by atoms with Gasteiger partial charge in [-0.2, -0.15) is 5.10 Å². The van der Waals surface area contributed by atoms with Gasteiger partial charge < -0.3 is 4.74 Å². The molecule has 0 bridgehead atoms. The Bertz CT molecular complexity index is 674. The number of aryl methyl sites for hydroxylation is 1. The summed E-state index contributed by atoms with van der Waals surface area (Å²) in [6.45, 7) is 11.3. The van der Waals surface area contributed by atoms with Gasteiger partial charge >= 0.3 is 0 Å². The van der Waals surface area contributed by atoms with Crippen molar-refractivity contribution in [2.75, 3.05) is 13.2 Å². The van der Waals surface area contributed by atoms with Crippen LogP contribution >= 0.6 is 0 Å². The summed E-state index contributed by atoms with van der Waals surface area (Å²) in [6.07, 6.45) is 8.38. The van der Waals surface area contributed by atoms with Gasteiger partial charge in [0, 0.05) is 30.5 Å². The van der Waals surface area contributed by atoms with E-state index in [0.29, 0.717) is 6.04 Å². The van der Waals surface area contributed by atoms with Crippen LogP contribution in [0.2, 0.25) is 0 Å². The number of likely N-dealkylation sites (tertiary alicyclic amines) is 1. The van der Waals surface area contributed by atoms with E-state index in [-0.39, 0.29) is 5.54 Å². The highest BCUT2D eigenvalue weighted by molar-refractivity contribution is 5.25. The largest absolute Gasteiger partial charge is 0.490 e. The Kier molecular flexibility index (Phi) is 4.90. The molecule has 0 spiro atoms.